The molecule has 0 spiro atoms. The molecule has 0 saturated heterocycles. The fourth-order valence-electron chi connectivity index (χ4n) is 2.13. The van der Waals surface area contributed by atoms with E-state index in [0.717, 1.165) is 15.6 Å². The van der Waals surface area contributed by atoms with Crippen LogP contribution in [0.3, 0.4) is 0 Å². The third-order valence-corrected chi connectivity index (χ3v) is 3.55. The minimum atomic E-state index is -0.158. The van der Waals surface area contributed by atoms with Gasteiger partial charge < -0.3 is 4.98 Å². The normalized spacial score (nSPS) is 10.8. The molecule has 0 saturated carbocycles. The molecule has 0 unspecified atom stereocenters. The minimum Gasteiger partial charge on any atom is -0.310 e. The van der Waals surface area contributed by atoms with Crippen LogP contribution in [0.25, 0.3) is 11.3 Å². The Morgan fingerprint density at radius 1 is 1.33 bits per heavy atom. The second-order valence-electron chi connectivity index (χ2n) is 4.79. The molecule has 6 heteroatoms. The first kappa shape index (κ1) is 13.8. The summed E-state index contributed by atoms with van der Waals surface area (Å²) >= 11 is 3.44. The van der Waals surface area contributed by atoms with E-state index in [9.17, 15) is 4.79 Å². The number of nitrogens with one attached hydrogen (secondary N) is 1. The third-order valence-electron chi connectivity index (χ3n) is 3.05. The molecule has 0 fully saturated rings. The summed E-state index contributed by atoms with van der Waals surface area (Å²) < 4.78 is 2.69. The number of rotatable bonds is 3. The number of aryl methyl sites for hydroxylation is 1. The van der Waals surface area contributed by atoms with Crippen molar-refractivity contribution in [3.05, 3.63) is 68.9 Å². The summed E-state index contributed by atoms with van der Waals surface area (Å²) in [6.45, 7) is 0. The van der Waals surface area contributed by atoms with Gasteiger partial charge in [-0.3, -0.25) is 9.48 Å². The van der Waals surface area contributed by atoms with Crippen molar-refractivity contribution in [2.45, 2.75) is 6.42 Å². The van der Waals surface area contributed by atoms with Crippen LogP contribution >= 0.6 is 15.9 Å². The number of aromatic nitrogens is 4. The van der Waals surface area contributed by atoms with Crippen molar-refractivity contribution in [1.82, 2.24) is 19.7 Å². The zero-order valence-corrected chi connectivity index (χ0v) is 13.0. The molecule has 0 aliphatic rings. The number of benzene rings is 1. The van der Waals surface area contributed by atoms with Crippen molar-refractivity contribution in [2.75, 3.05) is 0 Å². The number of halogens is 1. The first-order chi connectivity index (χ1) is 10.1. The van der Waals surface area contributed by atoms with Gasteiger partial charge in [-0.25, -0.2) is 4.98 Å². The molecule has 3 rings (SSSR count). The van der Waals surface area contributed by atoms with Crippen molar-refractivity contribution in [2.24, 2.45) is 7.05 Å². The third kappa shape index (κ3) is 3.28. The summed E-state index contributed by atoms with van der Waals surface area (Å²) in [5, 5.41) is 4.11. The fourth-order valence-corrected chi connectivity index (χ4v) is 2.58. The Balaban J connectivity index is 1.96. The SMILES string of the molecule is Cn1cc(-c2cc(=O)[nH]c(Cc3cccc(Br)c3)n2)cn1. The number of hydrogen-bond acceptors (Lipinski definition) is 3. The Morgan fingerprint density at radius 3 is 2.90 bits per heavy atom. The standard InChI is InChI=1S/C15H13BrN4O/c1-20-9-11(8-17-20)13-7-15(21)19-14(18-13)6-10-3-2-4-12(16)5-10/h2-5,7-9H,6H2,1H3,(H,18,19,21). The zero-order valence-electron chi connectivity index (χ0n) is 11.4. The first-order valence-corrected chi connectivity index (χ1v) is 7.23. The average molecular weight is 345 g/mol. The maximum absolute atomic E-state index is 11.8. The molecule has 0 amide bonds. The van der Waals surface area contributed by atoms with Crippen LogP contribution in [-0.4, -0.2) is 19.7 Å². The van der Waals surface area contributed by atoms with Crippen LogP contribution in [0.4, 0.5) is 0 Å². The fraction of sp³-hybridized carbons (Fsp3) is 0.133. The highest BCUT2D eigenvalue weighted by Crippen LogP contribution is 2.16. The smallest absolute Gasteiger partial charge is 0.251 e. The van der Waals surface area contributed by atoms with Crippen molar-refractivity contribution in [3.63, 3.8) is 0 Å². The molecule has 3 aromatic rings. The van der Waals surface area contributed by atoms with Crippen LogP contribution in [0.1, 0.15) is 11.4 Å². The van der Waals surface area contributed by atoms with Gasteiger partial charge in [0.15, 0.2) is 0 Å². The number of nitrogens with zero attached hydrogens (tertiary/aromatic N) is 3. The van der Waals surface area contributed by atoms with E-state index in [1.807, 2.05) is 37.5 Å². The molecule has 1 aromatic carbocycles. The molecular formula is C15H13BrN4O. The molecule has 21 heavy (non-hydrogen) atoms. The Hall–Kier alpha value is -2.21. The highest BCUT2D eigenvalue weighted by molar-refractivity contribution is 9.10. The van der Waals surface area contributed by atoms with Gasteiger partial charge in [-0.05, 0) is 17.7 Å². The van der Waals surface area contributed by atoms with Crippen molar-refractivity contribution in [1.29, 1.82) is 0 Å². The lowest BCUT2D eigenvalue weighted by Crippen LogP contribution is -2.11. The van der Waals surface area contributed by atoms with Gasteiger partial charge in [0.05, 0.1) is 11.9 Å². The predicted octanol–water partition coefficient (Wildman–Crippen LogP) is 2.52. The van der Waals surface area contributed by atoms with Gasteiger partial charge in [0, 0.05) is 35.8 Å². The Morgan fingerprint density at radius 2 is 2.19 bits per heavy atom. The largest absolute Gasteiger partial charge is 0.310 e. The van der Waals surface area contributed by atoms with Gasteiger partial charge in [-0.2, -0.15) is 5.10 Å². The summed E-state index contributed by atoms with van der Waals surface area (Å²) in [6.07, 6.45) is 4.11. The quantitative estimate of drug-likeness (QED) is 0.793. The lowest BCUT2D eigenvalue weighted by atomic mass is 10.1. The Labute approximate surface area is 129 Å². The van der Waals surface area contributed by atoms with Crippen LogP contribution in [0.2, 0.25) is 0 Å². The second kappa shape index (κ2) is 5.65. The Bertz CT molecular complexity index is 837. The Kier molecular flexibility index (Phi) is 3.70. The van der Waals surface area contributed by atoms with Gasteiger partial charge in [-0.1, -0.05) is 28.1 Å². The molecule has 0 aliphatic carbocycles. The summed E-state index contributed by atoms with van der Waals surface area (Å²) in [7, 11) is 1.83. The molecule has 2 heterocycles. The van der Waals surface area contributed by atoms with E-state index >= 15 is 0 Å². The second-order valence-corrected chi connectivity index (χ2v) is 5.70. The molecule has 0 radical (unpaired) electrons. The van der Waals surface area contributed by atoms with Crippen molar-refractivity contribution >= 4 is 15.9 Å². The van der Waals surface area contributed by atoms with Crippen LogP contribution in [0.15, 0.2) is 52.0 Å². The topological polar surface area (TPSA) is 63.6 Å². The monoisotopic (exact) mass is 344 g/mol. The van der Waals surface area contributed by atoms with E-state index in [-0.39, 0.29) is 5.56 Å². The minimum absolute atomic E-state index is 0.158. The lowest BCUT2D eigenvalue weighted by molar-refractivity contribution is 0.768. The highest BCUT2D eigenvalue weighted by Gasteiger charge is 2.07. The summed E-state index contributed by atoms with van der Waals surface area (Å²) in [4.78, 5) is 19.1. The molecule has 0 bridgehead atoms. The van der Waals surface area contributed by atoms with E-state index in [4.69, 9.17) is 0 Å². The van der Waals surface area contributed by atoms with Crippen LogP contribution < -0.4 is 5.56 Å². The van der Waals surface area contributed by atoms with Gasteiger partial charge >= 0.3 is 0 Å². The van der Waals surface area contributed by atoms with E-state index in [0.29, 0.717) is 17.9 Å². The van der Waals surface area contributed by atoms with E-state index < -0.39 is 0 Å². The molecule has 2 aromatic heterocycles. The predicted molar refractivity (Wildman–Crippen MR) is 84.0 cm³/mol. The average Bonchev–Trinajstić information content (AvgIpc) is 2.85. The highest BCUT2D eigenvalue weighted by atomic mass is 79.9. The molecule has 0 aliphatic heterocycles. The summed E-state index contributed by atoms with van der Waals surface area (Å²) in [5.74, 6) is 0.638. The van der Waals surface area contributed by atoms with Crippen LogP contribution in [-0.2, 0) is 13.5 Å². The van der Waals surface area contributed by atoms with Gasteiger partial charge in [0.2, 0.25) is 0 Å². The number of aromatic amines is 1. The van der Waals surface area contributed by atoms with E-state index in [1.54, 1.807) is 10.9 Å². The number of H-pyrrole nitrogens is 1. The lowest BCUT2D eigenvalue weighted by Gasteiger charge is -2.04. The molecule has 5 nitrogen and oxygen atoms in total. The molecule has 1 N–H and O–H groups in total. The molecule has 0 atom stereocenters. The maximum atomic E-state index is 11.8. The van der Waals surface area contributed by atoms with Crippen molar-refractivity contribution in [3.8, 4) is 11.3 Å². The maximum Gasteiger partial charge on any atom is 0.251 e. The summed E-state index contributed by atoms with van der Waals surface area (Å²) in [6, 6.07) is 9.42. The zero-order chi connectivity index (χ0) is 14.8. The van der Waals surface area contributed by atoms with E-state index in [1.165, 1.54) is 6.07 Å². The van der Waals surface area contributed by atoms with Crippen molar-refractivity contribution < 1.29 is 0 Å². The van der Waals surface area contributed by atoms with Gasteiger partial charge in [0.1, 0.15) is 5.82 Å². The van der Waals surface area contributed by atoms with Crippen LogP contribution in [0.5, 0.6) is 0 Å². The first-order valence-electron chi connectivity index (χ1n) is 6.44. The van der Waals surface area contributed by atoms with Gasteiger partial charge in [0.25, 0.3) is 5.56 Å². The van der Waals surface area contributed by atoms with Gasteiger partial charge in [-0.15, -0.1) is 0 Å². The van der Waals surface area contributed by atoms with Crippen LogP contribution in [0, 0.1) is 0 Å². The molecule has 106 valence electrons. The number of hydrogen-bond donors (Lipinski definition) is 1. The molecular weight excluding hydrogens is 332 g/mol. The van der Waals surface area contributed by atoms with E-state index in [2.05, 4.69) is 31.0 Å². The summed E-state index contributed by atoms with van der Waals surface area (Å²) in [5.41, 5.74) is 2.39.